The predicted octanol–water partition coefficient (Wildman–Crippen LogP) is 5.61. The topological polar surface area (TPSA) is 107 Å². The summed E-state index contributed by atoms with van der Waals surface area (Å²) in [5.41, 5.74) is 1.27. The molecule has 1 aliphatic rings. The molecule has 1 fully saturated rings. The van der Waals surface area contributed by atoms with Crippen molar-refractivity contribution in [2.24, 2.45) is 0 Å². The Balaban J connectivity index is 1.77. The maximum atomic E-state index is 13.6. The lowest BCUT2D eigenvalue weighted by Crippen LogP contribution is -2.29. The number of amides is 1. The van der Waals surface area contributed by atoms with E-state index in [0.717, 1.165) is 4.70 Å². The van der Waals surface area contributed by atoms with Crippen LogP contribution in [0.25, 0.3) is 16.0 Å². The summed E-state index contributed by atoms with van der Waals surface area (Å²) < 4.78 is 22.6. The van der Waals surface area contributed by atoms with Crippen LogP contribution >= 0.6 is 22.9 Å². The summed E-state index contributed by atoms with van der Waals surface area (Å²) in [7, 11) is 5.96. The van der Waals surface area contributed by atoms with Gasteiger partial charge in [0.05, 0.1) is 50.3 Å². The molecule has 1 amide bonds. The third-order valence-corrected chi connectivity index (χ3v) is 7.62. The first kappa shape index (κ1) is 26.3. The van der Waals surface area contributed by atoms with Gasteiger partial charge in [0.25, 0.3) is 5.78 Å². The summed E-state index contributed by atoms with van der Waals surface area (Å²) in [6, 6.07) is 13.9. The zero-order valence-electron chi connectivity index (χ0n) is 21.4. The van der Waals surface area contributed by atoms with Gasteiger partial charge in [-0.3, -0.25) is 14.5 Å². The summed E-state index contributed by atoms with van der Waals surface area (Å²) in [6.07, 6.45) is 0. The Morgan fingerprint density at radius 1 is 0.923 bits per heavy atom. The van der Waals surface area contributed by atoms with Crippen molar-refractivity contribution in [3.05, 3.63) is 76.3 Å². The Morgan fingerprint density at radius 2 is 1.59 bits per heavy atom. The molecule has 1 aromatic heterocycles. The van der Waals surface area contributed by atoms with Gasteiger partial charge < -0.3 is 24.1 Å². The Hall–Kier alpha value is -4.28. The van der Waals surface area contributed by atoms with Crippen molar-refractivity contribution in [2.75, 3.05) is 33.3 Å². The normalized spacial score (nSPS) is 16.5. The minimum absolute atomic E-state index is 0.117. The number of halogens is 1. The number of aliphatic hydroxyl groups excluding tert-OH is 1. The second kappa shape index (κ2) is 10.5. The van der Waals surface area contributed by atoms with E-state index in [1.807, 2.05) is 0 Å². The number of hydrogen-bond donors (Lipinski definition) is 1. The average molecular weight is 567 g/mol. The highest BCUT2D eigenvalue weighted by molar-refractivity contribution is 7.22. The summed E-state index contributed by atoms with van der Waals surface area (Å²) >= 11 is 7.25. The summed E-state index contributed by atoms with van der Waals surface area (Å²) in [5, 5.41) is 12.1. The Bertz CT molecular complexity index is 1610. The molecule has 3 aromatic carbocycles. The lowest BCUT2D eigenvalue weighted by atomic mass is 9.95. The van der Waals surface area contributed by atoms with E-state index in [1.165, 1.54) is 37.6 Å². The number of aromatic nitrogens is 1. The first-order chi connectivity index (χ1) is 18.8. The van der Waals surface area contributed by atoms with Crippen LogP contribution < -0.4 is 23.8 Å². The molecule has 1 N–H and O–H groups in total. The van der Waals surface area contributed by atoms with E-state index in [0.29, 0.717) is 44.7 Å². The van der Waals surface area contributed by atoms with E-state index < -0.39 is 17.7 Å². The van der Waals surface area contributed by atoms with Crippen LogP contribution in [0.15, 0.2) is 60.2 Å². The Labute approximate surface area is 232 Å². The third-order valence-electron chi connectivity index (χ3n) is 6.36. The van der Waals surface area contributed by atoms with Crippen molar-refractivity contribution in [3.8, 4) is 23.0 Å². The fraction of sp³-hybridized carbons (Fsp3) is 0.179. The van der Waals surface area contributed by atoms with Crippen LogP contribution in [0.5, 0.6) is 23.0 Å². The number of hydrogen-bond acceptors (Lipinski definition) is 9. The minimum Gasteiger partial charge on any atom is -0.507 e. The highest BCUT2D eigenvalue weighted by atomic mass is 35.5. The van der Waals surface area contributed by atoms with Gasteiger partial charge in [-0.25, -0.2) is 4.98 Å². The molecule has 0 bridgehead atoms. The number of anilines is 1. The lowest BCUT2D eigenvalue weighted by Gasteiger charge is -2.24. The number of fused-ring (bicyclic) bond motifs is 1. The summed E-state index contributed by atoms with van der Waals surface area (Å²) in [5.74, 6) is -0.451. The molecule has 1 aliphatic heterocycles. The number of thiazole rings is 1. The van der Waals surface area contributed by atoms with Gasteiger partial charge >= 0.3 is 5.91 Å². The molecular formula is C28H23ClN2O7S. The zero-order valence-corrected chi connectivity index (χ0v) is 22.9. The van der Waals surface area contributed by atoms with Crippen molar-refractivity contribution >= 4 is 55.7 Å². The van der Waals surface area contributed by atoms with Crippen LogP contribution in [-0.2, 0) is 9.59 Å². The van der Waals surface area contributed by atoms with Crippen LogP contribution in [0, 0.1) is 0 Å². The molecule has 0 saturated carbocycles. The predicted molar refractivity (Wildman–Crippen MR) is 149 cm³/mol. The highest BCUT2D eigenvalue weighted by Crippen LogP contribution is 2.48. The van der Waals surface area contributed by atoms with Crippen LogP contribution in [0.3, 0.4) is 0 Å². The number of carbonyl (C=O) groups is 2. The molecule has 200 valence electrons. The highest BCUT2D eigenvalue weighted by Gasteiger charge is 2.48. The van der Waals surface area contributed by atoms with E-state index in [9.17, 15) is 14.7 Å². The zero-order chi connectivity index (χ0) is 27.8. The van der Waals surface area contributed by atoms with Gasteiger partial charge in [-0.05, 0) is 60.2 Å². The first-order valence-electron chi connectivity index (χ1n) is 11.6. The molecular weight excluding hydrogens is 544 g/mol. The number of benzene rings is 3. The van der Waals surface area contributed by atoms with Gasteiger partial charge in [0.15, 0.2) is 16.6 Å². The average Bonchev–Trinajstić information content (AvgIpc) is 3.49. The Morgan fingerprint density at radius 3 is 2.18 bits per heavy atom. The van der Waals surface area contributed by atoms with Crippen molar-refractivity contribution in [1.82, 2.24) is 4.98 Å². The molecule has 0 radical (unpaired) electrons. The number of aliphatic hydroxyl groups is 1. The van der Waals surface area contributed by atoms with Gasteiger partial charge in [0.1, 0.15) is 11.5 Å². The van der Waals surface area contributed by atoms with E-state index in [2.05, 4.69) is 4.98 Å². The number of ether oxygens (including phenoxy) is 4. The Kier molecular flexibility index (Phi) is 7.07. The fourth-order valence-corrected chi connectivity index (χ4v) is 5.64. The van der Waals surface area contributed by atoms with Gasteiger partial charge in [-0.2, -0.15) is 0 Å². The fourth-order valence-electron chi connectivity index (χ4n) is 4.49. The number of Topliss-reactive ketones (excluding diaryl/α,β-unsaturated/α-hetero) is 1. The van der Waals surface area contributed by atoms with Gasteiger partial charge in [-0.1, -0.05) is 22.9 Å². The van der Waals surface area contributed by atoms with Crippen LogP contribution in [0.4, 0.5) is 5.13 Å². The van der Waals surface area contributed by atoms with Crippen molar-refractivity contribution < 1.29 is 33.6 Å². The van der Waals surface area contributed by atoms with Crippen molar-refractivity contribution in [1.29, 1.82) is 0 Å². The number of nitrogens with zero attached hydrogens (tertiary/aromatic N) is 2. The molecule has 1 saturated heterocycles. The van der Waals surface area contributed by atoms with E-state index in [1.54, 1.807) is 61.7 Å². The standard InChI is InChI=1S/C28H23ClN2O7S/c1-35-17-9-10-18-21(13-17)39-28(30-18)31-23(15-11-19(36-2)26(38-4)20(12-15)37-3)22(25(33)27(31)34)24(32)14-5-7-16(29)8-6-14/h5-13,23,32H,1-4H3/t23-/m1/s1. The SMILES string of the molecule is COc1ccc2nc(N3C(=O)C(=O)C(=C(O)c4ccc(Cl)cc4)[C@H]3c3cc(OC)c(OC)c(OC)c3)sc2c1. The summed E-state index contributed by atoms with van der Waals surface area (Å²) in [4.78, 5) is 33.0. The smallest absolute Gasteiger partial charge is 0.301 e. The molecule has 5 rings (SSSR count). The van der Waals surface area contributed by atoms with Gasteiger partial charge in [0.2, 0.25) is 5.75 Å². The van der Waals surface area contributed by atoms with Crippen molar-refractivity contribution in [3.63, 3.8) is 0 Å². The third kappa shape index (κ3) is 4.51. The van der Waals surface area contributed by atoms with E-state index >= 15 is 0 Å². The first-order valence-corrected chi connectivity index (χ1v) is 12.8. The number of methoxy groups -OCH3 is 4. The minimum atomic E-state index is -1.06. The maximum absolute atomic E-state index is 13.6. The largest absolute Gasteiger partial charge is 0.507 e. The monoisotopic (exact) mass is 566 g/mol. The number of rotatable bonds is 7. The van der Waals surface area contributed by atoms with Gasteiger partial charge in [0, 0.05) is 10.6 Å². The molecule has 0 aliphatic carbocycles. The molecule has 39 heavy (non-hydrogen) atoms. The molecule has 0 spiro atoms. The molecule has 9 nitrogen and oxygen atoms in total. The quantitative estimate of drug-likeness (QED) is 0.175. The molecule has 11 heteroatoms. The van der Waals surface area contributed by atoms with E-state index in [4.69, 9.17) is 30.5 Å². The molecule has 4 aromatic rings. The maximum Gasteiger partial charge on any atom is 0.301 e. The molecule has 1 atom stereocenters. The van der Waals surface area contributed by atoms with Crippen LogP contribution in [0.2, 0.25) is 5.02 Å². The number of carbonyl (C=O) groups excluding carboxylic acids is 2. The number of ketones is 1. The second-order valence-corrected chi connectivity index (χ2v) is 9.91. The summed E-state index contributed by atoms with van der Waals surface area (Å²) in [6.45, 7) is 0. The van der Waals surface area contributed by atoms with E-state index in [-0.39, 0.29) is 16.5 Å². The molecule has 0 unspecified atom stereocenters. The van der Waals surface area contributed by atoms with Crippen LogP contribution in [-0.4, -0.2) is 50.2 Å². The van der Waals surface area contributed by atoms with Crippen LogP contribution in [0.1, 0.15) is 17.2 Å². The van der Waals surface area contributed by atoms with Gasteiger partial charge in [-0.15, -0.1) is 0 Å². The van der Waals surface area contributed by atoms with Crippen molar-refractivity contribution in [2.45, 2.75) is 6.04 Å². The second-order valence-electron chi connectivity index (χ2n) is 8.46. The lowest BCUT2D eigenvalue weighted by molar-refractivity contribution is -0.132. The molecule has 2 heterocycles.